The highest BCUT2D eigenvalue weighted by molar-refractivity contribution is 5.97. The van der Waals surface area contributed by atoms with Gasteiger partial charge in [-0.3, -0.25) is 4.79 Å². The van der Waals surface area contributed by atoms with Gasteiger partial charge in [-0.1, -0.05) is 47.5 Å². The highest BCUT2D eigenvalue weighted by Gasteiger charge is 2.35. The smallest absolute Gasteiger partial charge is 0.227 e. The molecule has 3 aromatic carbocycles. The Morgan fingerprint density at radius 3 is 2.51 bits per heavy atom. The van der Waals surface area contributed by atoms with E-state index in [1.165, 1.54) is 11.1 Å². The Labute approximate surface area is 207 Å². The molecule has 1 aliphatic heterocycles. The summed E-state index contributed by atoms with van der Waals surface area (Å²) in [6.07, 6.45) is 2.44. The highest BCUT2D eigenvalue weighted by atomic mass is 16.5. The number of imidazole rings is 1. The molecule has 180 valence electrons. The number of para-hydroxylation sites is 2. The molecule has 2 heterocycles. The topological polar surface area (TPSA) is 47.4 Å². The lowest BCUT2D eigenvalue weighted by Crippen LogP contribution is -2.25. The van der Waals surface area contributed by atoms with E-state index in [0.29, 0.717) is 19.6 Å². The quantitative estimate of drug-likeness (QED) is 0.284. The number of unbranched alkanes of at least 4 members (excludes halogenated alkanes) is 1. The minimum atomic E-state index is 0.0828. The Bertz CT molecular complexity index is 1340. The van der Waals surface area contributed by atoms with E-state index in [4.69, 9.17) is 9.72 Å². The fraction of sp³-hybridized carbons (Fsp3) is 0.333. The fourth-order valence-electron chi connectivity index (χ4n) is 5.06. The normalized spacial score (nSPS) is 15.8. The number of hydrogen-bond acceptors (Lipinski definition) is 3. The summed E-state index contributed by atoms with van der Waals surface area (Å²) in [4.78, 5) is 20.0. The number of amides is 1. The van der Waals surface area contributed by atoms with E-state index in [9.17, 15) is 4.79 Å². The zero-order valence-corrected chi connectivity index (χ0v) is 20.8. The lowest BCUT2D eigenvalue weighted by Gasteiger charge is -2.20. The molecule has 0 aliphatic carbocycles. The molecule has 1 fully saturated rings. The maximum Gasteiger partial charge on any atom is 0.227 e. The standard InChI is InChI=1S/C30H33N3O2/c1-21-10-13-25(14-11-21)35-17-7-6-16-32-28-9-5-4-8-26(28)31-30(32)24-19-29(34)33(20-24)27-15-12-22(2)18-23(27)3/h4-5,8-15,18,24H,6-7,16-17,19-20H2,1-3H3/t24-/m1/s1. The monoisotopic (exact) mass is 467 g/mol. The van der Waals surface area contributed by atoms with Gasteiger partial charge in [0.15, 0.2) is 0 Å². The average Bonchev–Trinajstić information content (AvgIpc) is 3.40. The van der Waals surface area contributed by atoms with Gasteiger partial charge in [-0.05, 0) is 69.5 Å². The molecule has 1 aromatic heterocycles. The van der Waals surface area contributed by atoms with Crippen LogP contribution in [-0.4, -0.2) is 28.6 Å². The molecule has 0 bridgehead atoms. The Hall–Kier alpha value is -3.60. The second-order valence-electron chi connectivity index (χ2n) is 9.67. The molecule has 1 saturated heterocycles. The molecule has 1 amide bonds. The molecule has 0 spiro atoms. The van der Waals surface area contributed by atoms with E-state index in [2.05, 4.69) is 73.9 Å². The number of fused-ring (bicyclic) bond motifs is 1. The molecule has 5 heteroatoms. The van der Waals surface area contributed by atoms with Gasteiger partial charge in [0.05, 0.1) is 17.6 Å². The van der Waals surface area contributed by atoms with Gasteiger partial charge in [0.1, 0.15) is 11.6 Å². The fourth-order valence-corrected chi connectivity index (χ4v) is 5.06. The van der Waals surface area contributed by atoms with E-state index in [1.807, 2.05) is 23.1 Å². The lowest BCUT2D eigenvalue weighted by molar-refractivity contribution is -0.117. The third-order valence-electron chi connectivity index (χ3n) is 6.88. The first kappa shape index (κ1) is 23.2. The van der Waals surface area contributed by atoms with Crippen LogP contribution in [0.2, 0.25) is 0 Å². The summed E-state index contributed by atoms with van der Waals surface area (Å²) in [6.45, 7) is 8.46. The third-order valence-corrected chi connectivity index (χ3v) is 6.88. The van der Waals surface area contributed by atoms with Crippen molar-refractivity contribution in [2.24, 2.45) is 0 Å². The zero-order valence-electron chi connectivity index (χ0n) is 20.8. The predicted octanol–water partition coefficient (Wildman–Crippen LogP) is 6.34. The minimum Gasteiger partial charge on any atom is -0.494 e. The van der Waals surface area contributed by atoms with Crippen LogP contribution < -0.4 is 9.64 Å². The molecular weight excluding hydrogens is 434 g/mol. The van der Waals surface area contributed by atoms with E-state index >= 15 is 0 Å². The molecule has 0 unspecified atom stereocenters. The second-order valence-corrected chi connectivity index (χ2v) is 9.67. The molecule has 0 saturated carbocycles. The van der Waals surface area contributed by atoms with Crippen molar-refractivity contribution in [3.05, 3.63) is 89.2 Å². The SMILES string of the molecule is Cc1ccc(OCCCCn2c([C@@H]3CC(=O)N(c4ccc(C)cc4C)C3)nc3ccccc32)cc1. The Morgan fingerprint density at radius 2 is 1.71 bits per heavy atom. The predicted molar refractivity (Wildman–Crippen MR) is 141 cm³/mol. The molecule has 35 heavy (non-hydrogen) atoms. The Balaban J connectivity index is 1.30. The number of carbonyl (C=O) groups is 1. The highest BCUT2D eigenvalue weighted by Crippen LogP contribution is 2.35. The Kier molecular flexibility index (Phi) is 6.58. The molecule has 1 aliphatic rings. The zero-order chi connectivity index (χ0) is 24.4. The van der Waals surface area contributed by atoms with Crippen molar-refractivity contribution >= 4 is 22.6 Å². The van der Waals surface area contributed by atoms with Crippen LogP contribution in [0.25, 0.3) is 11.0 Å². The van der Waals surface area contributed by atoms with Crippen molar-refractivity contribution in [1.29, 1.82) is 0 Å². The van der Waals surface area contributed by atoms with Crippen molar-refractivity contribution < 1.29 is 9.53 Å². The van der Waals surface area contributed by atoms with E-state index in [0.717, 1.165) is 53.2 Å². The molecular formula is C30H33N3O2. The van der Waals surface area contributed by atoms with Crippen LogP contribution in [-0.2, 0) is 11.3 Å². The van der Waals surface area contributed by atoms with Gasteiger partial charge in [-0.2, -0.15) is 0 Å². The molecule has 1 atom stereocenters. The summed E-state index contributed by atoms with van der Waals surface area (Å²) in [7, 11) is 0. The molecule has 5 rings (SSSR count). The van der Waals surface area contributed by atoms with Crippen molar-refractivity contribution in [2.45, 2.75) is 52.5 Å². The maximum atomic E-state index is 13.0. The summed E-state index contributed by atoms with van der Waals surface area (Å²) in [5.41, 5.74) is 6.73. The van der Waals surface area contributed by atoms with E-state index in [-0.39, 0.29) is 11.8 Å². The Morgan fingerprint density at radius 1 is 0.943 bits per heavy atom. The minimum absolute atomic E-state index is 0.0828. The number of benzene rings is 3. The van der Waals surface area contributed by atoms with Crippen molar-refractivity contribution in [2.75, 3.05) is 18.1 Å². The lowest BCUT2D eigenvalue weighted by atomic mass is 10.1. The van der Waals surface area contributed by atoms with Crippen LogP contribution in [0.5, 0.6) is 5.75 Å². The van der Waals surface area contributed by atoms with Crippen LogP contribution in [0.4, 0.5) is 5.69 Å². The van der Waals surface area contributed by atoms with Gasteiger partial charge in [0.25, 0.3) is 0 Å². The maximum absolute atomic E-state index is 13.0. The number of anilines is 1. The van der Waals surface area contributed by atoms with Crippen molar-refractivity contribution in [3.8, 4) is 5.75 Å². The molecule has 5 nitrogen and oxygen atoms in total. The van der Waals surface area contributed by atoms with Gasteiger partial charge >= 0.3 is 0 Å². The first-order valence-electron chi connectivity index (χ1n) is 12.5. The summed E-state index contributed by atoms with van der Waals surface area (Å²) < 4.78 is 8.24. The van der Waals surface area contributed by atoms with Crippen LogP contribution in [0.3, 0.4) is 0 Å². The third kappa shape index (κ3) is 4.95. The first-order valence-corrected chi connectivity index (χ1v) is 12.5. The summed E-state index contributed by atoms with van der Waals surface area (Å²) in [5, 5.41) is 0. The van der Waals surface area contributed by atoms with Gasteiger partial charge in [-0.25, -0.2) is 4.98 Å². The van der Waals surface area contributed by atoms with Crippen molar-refractivity contribution in [1.82, 2.24) is 9.55 Å². The van der Waals surface area contributed by atoms with E-state index < -0.39 is 0 Å². The first-order chi connectivity index (χ1) is 17.0. The largest absolute Gasteiger partial charge is 0.494 e. The number of nitrogens with zero attached hydrogens (tertiary/aromatic N) is 3. The number of aryl methyl sites for hydroxylation is 4. The number of aromatic nitrogens is 2. The van der Waals surface area contributed by atoms with Gasteiger partial charge in [0, 0.05) is 31.1 Å². The number of rotatable bonds is 8. The number of carbonyl (C=O) groups excluding carboxylic acids is 1. The van der Waals surface area contributed by atoms with Gasteiger partial charge in [0.2, 0.25) is 5.91 Å². The summed E-state index contributed by atoms with van der Waals surface area (Å²) in [6, 6.07) is 22.8. The van der Waals surface area contributed by atoms with Crippen LogP contribution >= 0.6 is 0 Å². The summed E-state index contributed by atoms with van der Waals surface area (Å²) >= 11 is 0. The van der Waals surface area contributed by atoms with E-state index in [1.54, 1.807) is 0 Å². The molecule has 0 N–H and O–H groups in total. The second kappa shape index (κ2) is 9.95. The van der Waals surface area contributed by atoms with Crippen LogP contribution in [0, 0.1) is 20.8 Å². The van der Waals surface area contributed by atoms with Gasteiger partial charge in [-0.15, -0.1) is 0 Å². The number of hydrogen-bond donors (Lipinski definition) is 0. The van der Waals surface area contributed by atoms with Gasteiger partial charge < -0.3 is 14.2 Å². The molecule has 0 radical (unpaired) electrons. The summed E-state index contributed by atoms with van der Waals surface area (Å²) in [5.74, 6) is 2.19. The average molecular weight is 468 g/mol. The molecule has 4 aromatic rings. The van der Waals surface area contributed by atoms with Crippen LogP contribution in [0.15, 0.2) is 66.7 Å². The van der Waals surface area contributed by atoms with Crippen LogP contribution in [0.1, 0.15) is 47.7 Å². The number of ether oxygens (including phenoxy) is 1. The van der Waals surface area contributed by atoms with Crippen molar-refractivity contribution in [3.63, 3.8) is 0 Å².